The van der Waals surface area contributed by atoms with Gasteiger partial charge in [-0.05, 0) is 56.4 Å². The minimum atomic E-state index is -0.179. The second-order valence-corrected chi connectivity index (χ2v) is 7.88. The smallest absolute Gasteiger partial charge is 0.251 e. The lowest BCUT2D eigenvalue weighted by Crippen LogP contribution is -2.24. The lowest BCUT2D eigenvalue weighted by molar-refractivity contribution is -0.115. The molecule has 4 heteroatoms. The summed E-state index contributed by atoms with van der Waals surface area (Å²) in [5.74, 6) is -0.00945. The van der Waals surface area contributed by atoms with Crippen LogP contribution in [0.4, 0.5) is 0 Å². The number of ketones is 2. The standard InChI is InChI=1S/C25H27NO3/c1-17-13-18(2)22(24(28)14-17)9-10-23(27)21-11-12-26(25(29)16-21)19(3)15-20-7-5-4-6-8-20/h4-8,11-13,16,19H,9-10,14-15H2,1-3H3. The normalized spacial score (nSPS) is 15.3. The number of carbonyl (C=O) groups is 2. The van der Waals surface area contributed by atoms with Gasteiger partial charge >= 0.3 is 0 Å². The second kappa shape index (κ2) is 8.99. The fraction of sp³-hybridized carbons (Fsp3) is 0.320. The van der Waals surface area contributed by atoms with Crippen molar-refractivity contribution in [2.45, 2.75) is 52.5 Å². The average Bonchev–Trinajstić information content (AvgIpc) is 2.67. The third kappa shape index (κ3) is 5.08. The minimum Gasteiger partial charge on any atom is -0.312 e. The summed E-state index contributed by atoms with van der Waals surface area (Å²) in [6.07, 6.45) is 5.53. The zero-order valence-electron chi connectivity index (χ0n) is 17.3. The number of nitrogens with zero attached hydrogens (tertiary/aromatic N) is 1. The number of carbonyl (C=O) groups excluding carboxylic acids is 2. The van der Waals surface area contributed by atoms with E-state index in [1.54, 1.807) is 16.8 Å². The van der Waals surface area contributed by atoms with Crippen LogP contribution >= 0.6 is 0 Å². The highest BCUT2D eigenvalue weighted by Gasteiger charge is 2.19. The van der Waals surface area contributed by atoms with Crippen LogP contribution in [-0.2, 0) is 11.2 Å². The third-order valence-corrected chi connectivity index (χ3v) is 5.44. The fourth-order valence-corrected chi connectivity index (χ4v) is 3.89. The number of allylic oxidation sites excluding steroid dienone is 4. The van der Waals surface area contributed by atoms with Gasteiger partial charge in [0.2, 0.25) is 0 Å². The van der Waals surface area contributed by atoms with E-state index in [0.29, 0.717) is 18.4 Å². The first kappa shape index (κ1) is 20.7. The summed E-state index contributed by atoms with van der Waals surface area (Å²) in [7, 11) is 0. The number of Topliss-reactive ketones (excluding diaryl/α,β-unsaturated/α-hetero) is 2. The Hall–Kier alpha value is -3.01. The molecule has 1 aromatic heterocycles. The van der Waals surface area contributed by atoms with E-state index >= 15 is 0 Å². The summed E-state index contributed by atoms with van der Waals surface area (Å²) in [5.41, 5.74) is 4.12. The minimum absolute atomic E-state index is 0.00301. The van der Waals surface area contributed by atoms with Crippen molar-refractivity contribution in [3.8, 4) is 0 Å². The summed E-state index contributed by atoms with van der Waals surface area (Å²) in [6, 6.07) is 13.1. The molecule has 0 N–H and O–H groups in total. The summed E-state index contributed by atoms with van der Waals surface area (Å²) < 4.78 is 1.66. The summed E-state index contributed by atoms with van der Waals surface area (Å²) >= 11 is 0. The molecule has 0 amide bonds. The van der Waals surface area contributed by atoms with E-state index in [1.165, 1.54) is 6.07 Å². The molecule has 0 bridgehead atoms. The van der Waals surface area contributed by atoms with Crippen molar-refractivity contribution in [2.75, 3.05) is 0 Å². The van der Waals surface area contributed by atoms with Crippen molar-refractivity contribution in [3.63, 3.8) is 0 Å². The van der Waals surface area contributed by atoms with Crippen LogP contribution in [0.3, 0.4) is 0 Å². The van der Waals surface area contributed by atoms with E-state index in [4.69, 9.17) is 0 Å². The highest BCUT2D eigenvalue weighted by Crippen LogP contribution is 2.24. The van der Waals surface area contributed by atoms with Gasteiger partial charge in [-0.1, -0.05) is 42.0 Å². The van der Waals surface area contributed by atoms with Gasteiger partial charge in [-0.2, -0.15) is 0 Å². The van der Waals surface area contributed by atoms with Crippen molar-refractivity contribution in [1.82, 2.24) is 4.57 Å². The van der Waals surface area contributed by atoms with Crippen molar-refractivity contribution < 1.29 is 9.59 Å². The lowest BCUT2D eigenvalue weighted by atomic mass is 9.89. The molecule has 0 spiro atoms. The topological polar surface area (TPSA) is 56.1 Å². The van der Waals surface area contributed by atoms with E-state index in [2.05, 4.69) is 0 Å². The largest absolute Gasteiger partial charge is 0.312 e. The Morgan fingerprint density at radius 1 is 1.10 bits per heavy atom. The van der Waals surface area contributed by atoms with Gasteiger partial charge < -0.3 is 4.57 Å². The molecule has 0 aliphatic heterocycles. The van der Waals surface area contributed by atoms with Gasteiger partial charge in [0.25, 0.3) is 5.56 Å². The molecule has 29 heavy (non-hydrogen) atoms. The van der Waals surface area contributed by atoms with Crippen LogP contribution in [0.25, 0.3) is 0 Å². The first-order valence-corrected chi connectivity index (χ1v) is 10.0. The Labute approximate surface area is 171 Å². The van der Waals surface area contributed by atoms with Crippen LogP contribution < -0.4 is 5.56 Å². The number of hydrogen-bond acceptors (Lipinski definition) is 3. The molecular weight excluding hydrogens is 362 g/mol. The molecule has 4 nitrogen and oxygen atoms in total. The van der Waals surface area contributed by atoms with Crippen molar-refractivity contribution in [3.05, 3.63) is 92.9 Å². The number of aromatic nitrogens is 1. The van der Waals surface area contributed by atoms with E-state index in [-0.39, 0.29) is 29.6 Å². The van der Waals surface area contributed by atoms with Crippen LogP contribution in [0.1, 0.15) is 62.0 Å². The van der Waals surface area contributed by atoms with Crippen LogP contribution in [-0.4, -0.2) is 16.1 Å². The van der Waals surface area contributed by atoms with Gasteiger partial charge in [0.15, 0.2) is 11.6 Å². The Bertz CT molecular complexity index is 1040. The zero-order chi connectivity index (χ0) is 21.0. The Balaban J connectivity index is 1.68. The first-order valence-electron chi connectivity index (χ1n) is 10.0. The van der Waals surface area contributed by atoms with Gasteiger partial charge in [0.1, 0.15) is 0 Å². The zero-order valence-corrected chi connectivity index (χ0v) is 17.3. The molecule has 150 valence electrons. The summed E-state index contributed by atoms with van der Waals surface area (Å²) in [4.78, 5) is 37.4. The number of benzene rings is 1. The molecule has 1 aliphatic rings. The molecule has 1 unspecified atom stereocenters. The molecule has 1 aromatic carbocycles. The molecule has 1 atom stereocenters. The predicted octanol–water partition coefficient (Wildman–Crippen LogP) is 4.85. The van der Waals surface area contributed by atoms with Gasteiger partial charge in [0, 0.05) is 36.7 Å². The Morgan fingerprint density at radius 3 is 2.48 bits per heavy atom. The van der Waals surface area contributed by atoms with E-state index < -0.39 is 0 Å². The van der Waals surface area contributed by atoms with Gasteiger partial charge in [-0.15, -0.1) is 0 Å². The van der Waals surface area contributed by atoms with Gasteiger partial charge in [0.05, 0.1) is 0 Å². The maximum absolute atomic E-state index is 12.6. The SMILES string of the molecule is CC1=CC(C)=C(CCC(=O)c2ccn(C(C)Cc3ccccc3)c(=O)c2)C(=O)C1. The average molecular weight is 389 g/mol. The van der Waals surface area contributed by atoms with E-state index in [9.17, 15) is 14.4 Å². The molecule has 0 fully saturated rings. The van der Waals surface area contributed by atoms with Crippen LogP contribution in [0.5, 0.6) is 0 Å². The number of pyridine rings is 1. The summed E-state index contributed by atoms with van der Waals surface area (Å²) in [6.45, 7) is 5.85. The lowest BCUT2D eigenvalue weighted by Gasteiger charge is -2.16. The Morgan fingerprint density at radius 2 is 1.83 bits per heavy atom. The fourth-order valence-electron chi connectivity index (χ4n) is 3.89. The van der Waals surface area contributed by atoms with Gasteiger partial charge in [-0.3, -0.25) is 14.4 Å². The van der Waals surface area contributed by atoms with Crippen LogP contribution in [0.2, 0.25) is 0 Å². The monoisotopic (exact) mass is 389 g/mol. The van der Waals surface area contributed by atoms with Crippen molar-refractivity contribution in [1.29, 1.82) is 0 Å². The third-order valence-electron chi connectivity index (χ3n) is 5.44. The van der Waals surface area contributed by atoms with Crippen LogP contribution in [0, 0.1) is 0 Å². The van der Waals surface area contributed by atoms with Crippen molar-refractivity contribution in [2.24, 2.45) is 0 Å². The Kier molecular flexibility index (Phi) is 6.42. The van der Waals surface area contributed by atoms with E-state index in [0.717, 1.165) is 28.7 Å². The number of rotatable bonds is 7. The maximum Gasteiger partial charge on any atom is 0.251 e. The molecule has 1 heterocycles. The molecule has 2 aromatic rings. The molecule has 0 radical (unpaired) electrons. The van der Waals surface area contributed by atoms with Gasteiger partial charge in [-0.25, -0.2) is 0 Å². The number of hydrogen-bond donors (Lipinski definition) is 0. The highest BCUT2D eigenvalue weighted by molar-refractivity contribution is 6.01. The molecule has 0 saturated heterocycles. The van der Waals surface area contributed by atoms with Crippen molar-refractivity contribution >= 4 is 11.6 Å². The predicted molar refractivity (Wildman–Crippen MR) is 115 cm³/mol. The highest BCUT2D eigenvalue weighted by atomic mass is 16.1. The maximum atomic E-state index is 12.6. The molecule has 3 rings (SSSR count). The first-order chi connectivity index (χ1) is 13.8. The van der Waals surface area contributed by atoms with Crippen LogP contribution in [0.15, 0.2) is 76.3 Å². The molecular formula is C25H27NO3. The molecule has 0 saturated carbocycles. The molecule has 1 aliphatic carbocycles. The second-order valence-electron chi connectivity index (χ2n) is 7.88. The van der Waals surface area contributed by atoms with E-state index in [1.807, 2.05) is 57.2 Å². The summed E-state index contributed by atoms with van der Waals surface area (Å²) in [5, 5.41) is 0. The quantitative estimate of drug-likeness (QED) is 0.636.